The number of H-pyrrole nitrogens is 1. The van der Waals surface area contributed by atoms with Crippen LogP contribution in [0.15, 0.2) is 53.3 Å². The van der Waals surface area contributed by atoms with Crippen molar-refractivity contribution in [3.8, 4) is 0 Å². The Morgan fingerprint density at radius 2 is 1.65 bits per heavy atom. The van der Waals surface area contributed by atoms with Gasteiger partial charge in [0.25, 0.3) is 5.56 Å². The summed E-state index contributed by atoms with van der Waals surface area (Å²) in [5.74, 6) is 0.691. The summed E-state index contributed by atoms with van der Waals surface area (Å²) in [6.45, 7) is 7.76. The molecule has 1 heterocycles. The Kier molecular flexibility index (Phi) is 5.68. The van der Waals surface area contributed by atoms with E-state index < -0.39 is 0 Å². The Morgan fingerprint density at radius 1 is 0.962 bits per heavy atom. The molecule has 0 amide bonds. The minimum absolute atomic E-state index is 0.0809. The van der Waals surface area contributed by atoms with Crippen molar-refractivity contribution in [2.75, 3.05) is 25.0 Å². The Labute approximate surface area is 154 Å². The normalized spacial score (nSPS) is 11.2. The molecule has 26 heavy (non-hydrogen) atoms. The highest BCUT2D eigenvalue weighted by Gasteiger charge is 2.08. The summed E-state index contributed by atoms with van der Waals surface area (Å²) < 4.78 is 0. The minimum atomic E-state index is -0.0809. The number of rotatable bonds is 7. The topological polar surface area (TPSA) is 52.2 Å². The highest BCUT2D eigenvalue weighted by atomic mass is 16.1. The van der Waals surface area contributed by atoms with E-state index in [1.807, 2.05) is 25.2 Å². The highest BCUT2D eigenvalue weighted by Crippen LogP contribution is 2.16. The Balaban J connectivity index is 1.69. The van der Waals surface area contributed by atoms with Crippen LogP contribution in [0.1, 0.15) is 25.2 Å². The summed E-state index contributed by atoms with van der Waals surface area (Å²) in [4.78, 5) is 24.1. The molecule has 0 spiro atoms. The first-order valence-corrected chi connectivity index (χ1v) is 9.11. The largest absolute Gasteiger partial charge is 0.372 e. The van der Waals surface area contributed by atoms with Crippen LogP contribution >= 0.6 is 0 Å². The fourth-order valence-corrected chi connectivity index (χ4v) is 3.23. The Hall–Kier alpha value is -2.66. The predicted octanol–water partition coefficient (Wildman–Crippen LogP) is 3.40. The molecular weight excluding hydrogens is 324 g/mol. The number of nitrogens with zero attached hydrogens (tertiary/aromatic N) is 3. The molecule has 5 nitrogen and oxygen atoms in total. The molecule has 0 saturated carbocycles. The van der Waals surface area contributed by atoms with E-state index in [0.29, 0.717) is 17.8 Å². The molecule has 5 heteroatoms. The lowest BCUT2D eigenvalue weighted by atomic mass is 10.2. The standard InChI is InChI=1S/C21H26N4O/c1-4-25(5-2)17-12-10-16(11-13-17)14-24(3)15-20-22-19-9-7-6-8-18(19)21(26)23-20/h6-13H,4-5,14-15H2,1-3H3,(H,22,23,26). The van der Waals surface area contributed by atoms with Crippen molar-refractivity contribution in [3.63, 3.8) is 0 Å². The van der Waals surface area contributed by atoms with Crippen molar-refractivity contribution >= 4 is 16.6 Å². The number of para-hydroxylation sites is 1. The Morgan fingerprint density at radius 3 is 2.35 bits per heavy atom. The summed E-state index contributed by atoms with van der Waals surface area (Å²) in [7, 11) is 2.04. The minimum Gasteiger partial charge on any atom is -0.372 e. The van der Waals surface area contributed by atoms with Crippen LogP contribution in [-0.2, 0) is 13.1 Å². The van der Waals surface area contributed by atoms with E-state index in [9.17, 15) is 4.79 Å². The van der Waals surface area contributed by atoms with E-state index in [0.717, 1.165) is 25.2 Å². The first-order valence-electron chi connectivity index (χ1n) is 9.11. The van der Waals surface area contributed by atoms with Gasteiger partial charge < -0.3 is 9.88 Å². The van der Waals surface area contributed by atoms with Crippen LogP contribution in [0.2, 0.25) is 0 Å². The summed E-state index contributed by atoms with van der Waals surface area (Å²) in [5, 5.41) is 0.630. The number of anilines is 1. The van der Waals surface area contributed by atoms with Crippen molar-refractivity contribution in [1.29, 1.82) is 0 Å². The molecule has 1 N–H and O–H groups in total. The van der Waals surface area contributed by atoms with Gasteiger partial charge in [0.2, 0.25) is 0 Å². The molecule has 3 rings (SSSR count). The molecule has 0 unspecified atom stereocenters. The fraction of sp³-hybridized carbons (Fsp3) is 0.333. The van der Waals surface area contributed by atoms with Crippen LogP contribution in [0.3, 0.4) is 0 Å². The van der Waals surface area contributed by atoms with Crippen molar-refractivity contribution < 1.29 is 0 Å². The maximum Gasteiger partial charge on any atom is 0.258 e. The van der Waals surface area contributed by atoms with Gasteiger partial charge in [0.1, 0.15) is 5.82 Å². The second-order valence-corrected chi connectivity index (χ2v) is 6.54. The van der Waals surface area contributed by atoms with E-state index >= 15 is 0 Å². The average Bonchev–Trinajstić information content (AvgIpc) is 2.64. The molecule has 0 radical (unpaired) electrons. The lowest BCUT2D eigenvalue weighted by molar-refractivity contribution is 0.311. The van der Waals surface area contributed by atoms with Crippen LogP contribution in [0.25, 0.3) is 10.9 Å². The fourth-order valence-electron chi connectivity index (χ4n) is 3.23. The molecule has 0 atom stereocenters. The molecule has 0 aliphatic heterocycles. The average molecular weight is 350 g/mol. The summed E-state index contributed by atoms with van der Waals surface area (Å²) in [6, 6.07) is 16.1. The SMILES string of the molecule is CCN(CC)c1ccc(CN(C)Cc2nc3ccccc3c(=O)[nH]2)cc1. The zero-order valence-electron chi connectivity index (χ0n) is 15.7. The van der Waals surface area contributed by atoms with Gasteiger partial charge in [0.05, 0.1) is 17.4 Å². The first kappa shape index (κ1) is 18.1. The molecule has 136 valence electrons. The number of nitrogens with one attached hydrogen (secondary N) is 1. The summed E-state index contributed by atoms with van der Waals surface area (Å²) >= 11 is 0. The van der Waals surface area contributed by atoms with E-state index in [1.165, 1.54) is 11.3 Å². The second kappa shape index (κ2) is 8.15. The van der Waals surface area contributed by atoms with Gasteiger partial charge in [0.15, 0.2) is 0 Å². The quantitative estimate of drug-likeness (QED) is 0.709. The van der Waals surface area contributed by atoms with Gasteiger partial charge >= 0.3 is 0 Å². The van der Waals surface area contributed by atoms with E-state index in [-0.39, 0.29) is 5.56 Å². The molecule has 0 aliphatic carbocycles. The molecule has 0 aliphatic rings. The van der Waals surface area contributed by atoms with Crippen molar-refractivity contribution in [2.45, 2.75) is 26.9 Å². The Bertz CT molecular complexity index is 913. The number of aromatic amines is 1. The van der Waals surface area contributed by atoms with Crippen LogP contribution in [0.5, 0.6) is 0 Å². The molecule has 0 bridgehead atoms. The number of hydrogen-bond acceptors (Lipinski definition) is 4. The van der Waals surface area contributed by atoms with Gasteiger partial charge in [0, 0.05) is 25.3 Å². The molecule has 1 aromatic heterocycles. The third-order valence-electron chi connectivity index (χ3n) is 4.60. The monoisotopic (exact) mass is 350 g/mol. The van der Waals surface area contributed by atoms with Gasteiger partial charge in [-0.25, -0.2) is 4.98 Å². The predicted molar refractivity (Wildman–Crippen MR) is 108 cm³/mol. The molecule has 2 aromatic carbocycles. The molecule has 3 aromatic rings. The third kappa shape index (κ3) is 4.11. The van der Waals surface area contributed by atoms with E-state index in [4.69, 9.17) is 0 Å². The number of fused-ring (bicyclic) bond motifs is 1. The molecular formula is C21H26N4O. The van der Waals surface area contributed by atoms with Crippen LogP contribution < -0.4 is 10.5 Å². The zero-order chi connectivity index (χ0) is 18.5. The number of hydrogen-bond donors (Lipinski definition) is 1. The second-order valence-electron chi connectivity index (χ2n) is 6.54. The summed E-state index contributed by atoms with van der Waals surface area (Å²) in [5.41, 5.74) is 3.15. The molecule has 0 saturated heterocycles. The lowest BCUT2D eigenvalue weighted by Crippen LogP contribution is -2.22. The lowest BCUT2D eigenvalue weighted by Gasteiger charge is -2.22. The van der Waals surface area contributed by atoms with Gasteiger partial charge in [-0.1, -0.05) is 24.3 Å². The number of benzene rings is 2. The van der Waals surface area contributed by atoms with Gasteiger partial charge in [-0.05, 0) is 50.7 Å². The van der Waals surface area contributed by atoms with Gasteiger partial charge in [-0.15, -0.1) is 0 Å². The number of aromatic nitrogens is 2. The zero-order valence-corrected chi connectivity index (χ0v) is 15.7. The van der Waals surface area contributed by atoms with Crippen molar-refractivity contribution in [3.05, 3.63) is 70.3 Å². The van der Waals surface area contributed by atoms with E-state index in [1.54, 1.807) is 6.07 Å². The maximum absolute atomic E-state index is 12.2. The van der Waals surface area contributed by atoms with Crippen LogP contribution in [-0.4, -0.2) is 35.0 Å². The van der Waals surface area contributed by atoms with Gasteiger partial charge in [-0.3, -0.25) is 9.69 Å². The highest BCUT2D eigenvalue weighted by molar-refractivity contribution is 5.77. The van der Waals surface area contributed by atoms with Crippen molar-refractivity contribution in [1.82, 2.24) is 14.9 Å². The smallest absolute Gasteiger partial charge is 0.258 e. The van der Waals surface area contributed by atoms with Crippen LogP contribution in [0.4, 0.5) is 5.69 Å². The molecule has 0 fully saturated rings. The maximum atomic E-state index is 12.2. The van der Waals surface area contributed by atoms with E-state index in [2.05, 4.69) is 57.9 Å². The third-order valence-corrected chi connectivity index (χ3v) is 4.60. The summed E-state index contributed by atoms with van der Waals surface area (Å²) in [6.07, 6.45) is 0. The van der Waals surface area contributed by atoms with Crippen molar-refractivity contribution in [2.24, 2.45) is 0 Å². The van der Waals surface area contributed by atoms with Crippen LogP contribution in [0, 0.1) is 0 Å². The van der Waals surface area contributed by atoms with Gasteiger partial charge in [-0.2, -0.15) is 0 Å². The first-order chi connectivity index (χ1) is 12.6.